The van der Waals surface area contributed by atoms with E-state index in [1.807, 2.05) is 0 Å². The van der Waals surface area contributed by atoms with Crippen LogP contribution in [0.2, 0.25) is 0 Å². The van der Waals surface area contributed by atoms with Gasteiger partial charge in [0.05, 0.1) is 58.1 Å². The minimum Gasteiger partial charge on any atom is -0.488 e. The first-order chi connectivity index (χ1) is 18.8. The average Bonchev–Trinajstić information content (AvgIpc) is 2.95. The SMILES string of the molecule is CCOc1c(Nc2ccc(C(=O)NCCOCCOCCOC3O[C@H](CO)[C@@H](O)[C@H](O)[C@@H]3O)nc2)c(=O)c1=O. The summed E-state index contributed by atoms with van der Waals surface area (Å²) in [6, 6.07) is 3.01. The van der Waals surface area contributed by atoms with E-state index in [-0.39, 0.29) is 63.3 Å². The Morgan fingerprint density at radius 2 is 1.72 bits per heavy atom. The van der Waals surface area contributed by atoms with E-state index in [1.165, 1.54) is 12.3 Å². The molecule has 1 fully saturated rings. The fourth-order valence-electron chi connectivity index (χ4n) is 3.59. The number of aliphatic hydroxyl groups excluding tert-OH is 4. The Kier molecular flexibility index (Phi) is 11.7. The molecule has 0 bridgehead atoms. The molecule has 5 atom stereocenters. The van der Waals surface area contributed by atoms with Crippen molar-refractivity contribution in [3.63, 3.8) is 0 Å². The number of hydrogen-bond donors (Lipinski definition) is 6. The number of amides is 1. The van der Waals surface area contributed by atoms with Crippen LogP contribution in [0.25, 0.3) is 0 Å². The van der Waals surface area contributed by atoms with E-state index in [2.05, 4.69) is 15.6 Å². The molecule has 216 valence electrons. The molecule has 1 aromatic heterocycles. The van der Waals surface area contributed by atoms with Crippen molar-refractivity contribution in [3.8, 4) is 5.75 Å². The van der Waals surface area contributed by atoms with Crippen LogP contribution >= 0.6 is 0 Å². The fourth-order valence-corrected chi connectivity index (χ4v) is 3.59. The van der Waals surface area contributed by atoms with Gasteiger partial charge in [0.15, 0.2) is 12.0 Å². The third-order valence-electron chi connectivity index (χ3n) is 5.68. The summed E-state index contributed by atoms with van der Waals surface area (Å²) in [5, 5.41) is 43.9. The zero-order valence-corrected chi connectivity index (χ0v) is 21.3. The molecule has 1 aliphatic heterocycles. The number of anilines is 2. The molecule has 2 heterocycles. The Bertz CT molecular complexity index is 1120. The van der Waals surface area contributed by atoms with Crippen molar-refractivity contribution >= 4 is 17.3 Å². The zero-order chi connectivity index (χ0) is 28.4. The second-order valence-corrected chi connectivity index (χ2v) is 8.40. The van der Waals surface area contributed by atoms with Crippen LogP contribution in [0.3, 0.4) is 0 Å². The normalized spacial score (nSPS) is 23.1. The molecule has 6 N–H and O–H groups in total. The number of pyridine rings is 1. The molecule has 39 heavy (non-hydrogen) atoms. The third-order valence-corrected chi connectivity index (χ3v) is 5.68. The van der Waals surface area contributed by atoms with Crippen molar-refractivity contribution in [1.29, 1.82) is 0 Å². The molecular weight excluding hydrogens is 522 g/mol. The average molecular weight is 556 g/mol. The third kappa shape index (κ3) is 8.00. The summed E-state index contributed by atoms with van der Waals surface area (Å²) in [7, 11) is 0. The van der Waals surface area contributed by atoms with Crippen LogP contribution in [-0.2, 0) is 18.9 Å². The lowest BCUT2D eigenvalue weighted by molar-refractivity contribution is -0.302. The minimum atomic E-state index is -1.51. The lowest BCUT2D eigenvalue weighted by Crippen LogP contribution is -2.59. The van der Waals surface area contributed by atoms with E-state index in [4.69, 9.17) is 28.8 Å². The van der Waals surface area contributed by atoms with Crippen molar-refractivity contribution < 1.29 is 48.9 Å². The quantitative estimate of drug-likeness (QED) is 0.0925. The van der Waals surface area contributed by atoms with Gasteiger partial charge in [-0.25, -0.2) is 4.98 Å². The largest absolute Gasteiger partial charge is 0.488 e. The van der Waals surface area contributed by atoms with E-state index in [1.54, 1.807) is 13.0 Å². The number of ether oxygens (including phenoxy) is 5. The Morgan fingerprint density at radius 1 is 1.00 bits per heavy atom. The van der Waals surface area contributed by atoms with E-state index in [0.717, 1.165) is 0 Å². The highest BCUT2D eigenvalue weighted by molar-refractivity contribution is 5.92. The fraction of sp³-hybridized carbons (Fsp3) is 0.583. The highest BCUT2D eigenvalue weighted by Crippen LogP contribution is 2.23. The van der Waals surface area contributed by atoms with Crippen LogP contribution in [0, 0.1) is 0 Å². The number of carbonyl (C=O) groups is 1. The zero-order valence-electron chi connectivity index (χ0n) is 21.3. The molecule has 1 unspecified atom stereocenters. The maximum absolute atomic E-state index is 12.2. The van der Waals surface area contributed by atoms with Crippen LogP contribution in [-0.4, -0.2) is 115 Å². The summed E-state index contributed by atoms with van der Waals surface area (Å²) in [6.07, 6.45) is -5.33. The van der Waals surface area contributed by atoms with Gasteiger partial charge in [-0.1, -0.05) is 0 Å². The summed E-state index contributed by atoms with van der Waals surface area (Å²) in [4.78, 5) is 39.5. The molecule has 1 aliphatic rings. The van der Waals surface area contributed by atoms with Crippen LogP contribution < -0.4 is 26.2 Å². The highest BCUT2D eigenvalue weighted by Gasteiger charge is 2.43. The molecule has 15 heteroatoms. The molecule has 0 saturated carbocycles. The lowest BCUT2D eigenvalue weighted by atomic mass is 9.99. The number of nitrogens with one attached hydrogen (secondary N) is 2. The van der Waals surface area contributed by atoms with Gasteiger partial charge in [0.1, 0.15) is 35.8 Å². The minimum absolute atomic E-state index is 0.0175. The van der Waals surface area contributed by atoms with Gasteiger partial charge in [-0.3, -0.25) is 14.4 Å². The first kappa shape index (κ1) is 30.5. The van der Waals surface area contributed by atoms with Crippen molar-refractivity contribution in [1.82, 2.24) is 10.3 Å². The maximum atomic E-state index is 12.2. The first-order valence-electron chi connectivity index (χ1n) is 12.3. The maximum Gasteiger partial charge on any atom is 0.272 e. The van der Waals surface area contributed by atoms with Crippen LogP contribution in [0.1, 0.15) is 17.4 Å². The van der Waals surface area contributed by atoms with Crippen molar-refractivity contribution in [2.75, 3.05) is 58.1 Å². The Balaban J connectivity index is 1.24. The predicted octanol–water partition coefficient (Wildman–Crippen LogP) is -2.60. The molecule has 3 rings (SSSR count). The molecule has 0 aliphatic carbocycles. The van der Waals surface area contributed by atoms with Gasteiger partial charge in [-0.2, -0.15) is 0 Å². The van der Waals surface area contributed by atoms with Gasteiger partial charge in [0.2, 0.25) is 0 Å². The van der Waals surface area contributed by atoms with Gasteiger partial charge < -0.3 is 54.7 Å². The predicted molar refractivity (Wildman–Crippen MR) is 134 cm³/mol. The van der Waals surface area contributed by atoms with Crippen LogP contribution in [0.5, 0.6) is 5.75 Å². The van der Waals surface area contributed by atoms with Crippen molar-refractivity contribution in [3.05, 3.63) is 44.5 Å². The number of aromatic nitrogens is 1. The summed E-state index contributed by atoms with van der Waals surface area (Å²) >= 11 is 0. The Hall–Kier alpha value is -3.02. The standard InChI is InChI=1S/C24H33N3O12/c1-2-37-22-16(18(30)20(22)32)27-13-3-4-14(26-11-13)23(34)25-5-6-35-7-8-36-9-10-38-24-21(33)19(31)17(29)15(12-28)39-24/h3-4,11,15,17,19,21,24,27-29,31,33H,2,5-10,12H2,1H3,(H,25,34)/t15-,17-,19+,21+,24?/m1/s1. The molecule has 1 saturated heterocycles. The number of aliphatic hydroxyl groups is 4. The molecule has 2 aromatic rings. The molecule has 15 nitrogen and oxygen atoms in total. The summed E-state index contributed by atoms with van der Waals surface area (Å²) in [6.45, 7) is 2.50. The monoisotopic (exact) mass is 555 g/mol. The Morgan fingerprint density at radius 3 is 2.38 bits per heavy atom. The van der Waals surface area contributed by atoms with E-state index < -0.39 is 54.1 Å². The van der Waals surface area contributed by atoms with Crippen molar-refractivity contribution in [2.45, 2.75) is 37.6 Å². The van der Waals surface area contributed by atoms with Gasteiger partial charge in [0, 0.05) is 6.54 Å². The van der Waals surface area contributed by atoms with Gasteiger partial charge in [0.25, 0.3) is 16.8 Å². The van der Waals surface area contributed by atoms with E-state index in [9.17, 15) is 29.7 Å². The van der Waals surface area contributed by atoms with E-state index >= 15 is 0 Å². The Labute approximate surface area is 222 Å². The van der Waals surface area contributed by atoms with Gasteiger partial charge in [-0.05, 0) is 19.1 Å². The molecule has 0 spiro atoms. The topological polar surface area (TPSA) is 215 Å². The van der Waals surface area contributed by atoms with Gasteiger partial charge >= 0.3 is 0 Å². The highest BCUT2D eigenvalue weighted by atomic mass is 16.7. The number of hydrogen-bond acceptors (Lipinski definition) is 14. The van der Waals surface area contributed by atoms with Crippen LogP contribution in [0.15, 0.2) is 27.9 Å². The van der Waals surface area contributed by atoms with Crippen molar-refractivity contribution in [2.24, 2.45) is 0 Å². The molecule has 1 amide bonds. The number of rotatable bonds is 16. The molecule has 1 aromatic carbocycles. The summed E-state index contributed by atoms with van der Waals surface area (Å²) in [5.74, 6) is -0.438. The molecular formula is C24H33N3O12. The second kappa shape index (κ2) is 14.9. The summed E-state index contributed by atoms with van der Waals surface area (Å²) in [5.41, 5.74) is -0.729. The number of carbonyl (C=O) groups excluding carboxylic acids is 1. The first-order valence-corrected chi connectivity index (χ1v) is 12.3. The molecule has 0 radical (unpaired) electrons. The van der Waals surface area contributed by atoms with Crippen LogP contribution in [0.4, 0.5) is 11.4 Å². The smallest absolute Gasteiger partial charge is 0.272 e. The van der Waals surface area contributed by atoms with E-state index in [0.29, 0.717) is 5.69 Å². The number of nitrogens with zero attached hydrogens (tertiary/aromatic N) is 1. The lowest BCUT2D eigenvalue weighted by Gasteiger charge is -2.39. The second-order valence-electron chi connectivity index (χ2n) is 8.40. The summed E-state index contributed by atoms with van der Waals surface area (Å²) < 4.78 is 26.4. The van der Waals surface area contributed by atoms with Gasteiger partial charge in [-0.15, -0.1) is 0 Å².